The Balaban J connectivity index is 1.76. The molecule has 0 spiro atoms. The van der Waals surface area contributed by atoms with E-state index < -0.39 is 0 Å². The number of nitrogens with zero attached hydrogens (tertiary/aromatic N) is 2. The van der Waals surface area contributed by atoms with Gasteiger partial charge in [0.1, 0.15) is 17.2 Å². The Bertz CT molecular complexity index is 838. The zero-order chi connectivity index (χ0) is 16.4. The minimum Gasteiger partial charge on any atom is -0.346 e. The Hall–Kier alpha value is -2.41. The van der Waals surface area contributed by atoms with Crippen LogP contribution in [0.4, 0.5) is 0 Å². The molecule has 0 bridgehead atoms. The van der Waals surface area contributed by atoms with Crippen LogP contribution in [0.5, 0.6) is 0 Å². The Kier molecular flexibility index (Phi) is 4.29. The number of aromatic amines is 2. The predicted molar refractivity (Wildman–Crippen MR) is 91.0 cm³/mol. The number of rotatable bonds is 4. The average Bonchev–Trinajstić information content (AvgIpc) is 3.08. The van der Waals surface area contributed by atoms with Crippen molar-refractivity contribution in [1.29, 1.82) is 0 Å². The number of amides is 1. The fraction of sp³-hybridized carbons (Fsp3) is 0.188. The third kappa shape index (κ3) is 3.19. The Labute approximate surface area is 141 Å². The molecule has 3 rings (SSSR count). The van der Waals surface area contributed by atoms with Gasteiger partial charge < -0.3 is 10.3 Å². The van der Waals surface area contributed by atoms with Gasteiger partial charge >= 0.3 is 0 Å². The molecule has 0 saturated heterocycles. The molecule has 23 heavy (non-hydrogen) atoms. The molecule has 0 aliphatic rings. The molecule has 7 heteroatoms. The van der Waals surface area contributed by atoms with E-state index in [9.17, 15) is 4.79 Å². The van der Waals surface area contributed by atoms with E-state index >= 15 is 0 Å². The molecule has 0 radical (unpaired) electrons. The molecule has 0 unspecified atom stereocenters. The first-order valence-electron chi connectivity index (χ1n) is 7.16. The van der Waals surface area contributed by atoms with E-state index in [4.69, 9.17) is 0 Å². The Morgan fingerprint density at radius 2 is 2.00 bits per heavy atom. The highest BCUT2D eigenvalue weighted by Crippen LogP contribution is 2.28. The second kappa shape index (κ2) is 6.37. The van der Waals surface area contributed by atoms with Crippen LogP contribution in [-0.4, -0.2) is 26.1 Å². The first-order chi connectivity index (χ1) is 11.1. The van der Waals surface area contributed by atoms with Gasteiger partial charge in [0, 0.05) is 11.3 Å². The Morgan fingerprint density at radius 3 is 2.65 bits per heavy atom. The van der Waals surface area contributed by atoms with Crippen molar-refractivity contribution < 1.29 is 4.79 Å². The maximum atomic E-state index is 12.4. The smallest absolute Gasteiger partial charge is 0.270 e. The minimum absolute atomic E-state index is 0.230. The highest BCUT2D eigenvalue weighted by Gasteiger charge is 2.18. The molecule has 0 saturated carbocycles. The number of nitrogens with one attached hydrogen (secondary N) is 3. The molecule has 1 aromatic carbocycles. The molecular formula is C16H16BrN5O. The van der Waals surface area contributed by atoms with Crippen LogP contribution in [0.1, 0.15) is 27.7 Å². The average molecular weight is 374 g/mol. The second-order valence-corrected chi connectivity index (χ2v) is 6.00. The number of hydrogen-bond acceptors (Lipinski definition) is 3. The predicted octanol–water partition coefficient (Wildman–Crippen LogP) is 3.11. The van der Waals surface area contributed by atoms with Crippen LogP contribution in [0, 0.1) is 13.8 Å². The van der Waals surface area contributed by atoms with Gasteiger partial charge in [-0.3, -0.25) is 9.89 Å². The van der Waals surface area contributed by atoms with Crippen molar-refractivity contribution in [3.63, 3.8) is 0 Å². The molecule has 1 amide bonds. The molecule has 2 heterocycles. The van der Waals surface area contributed by atoms with Crippen molar-refractivity contribution in [2.75, 3.05) is 0 Å². The monoisotopic (exact) mass is 373 g/mol. The number of H-pyrrole nitrogens is 2. The molecule has 0 aliphatic heterocycles. The van der Waals surface area contributed by atoms with Crippen molar-refractivity contribution in [3.05, 3.63) is 57.7 Å². The number of benzene rings is 1. The van der Waals surface area contributed by atoms with Gasteiger partial charge in [-0.1, -0.05) is 30.3 Å². The van der Waals surface area contributed by atoms with Crippen molar-refractivity contribution in [1.82, 2.24) is 25.5 Å². The molecule has 2 aromatic heterocycles. The van der Waals surface area contributed by atoms with Gasteiger partial charge in [0.2, 0.25) is 0 Å². The number of imidazole rings is 1. The maximum Gasteiger partial charge on any atom is 0.270 e. The van der Waals surface area contributed by atoms with Crippen LogP contribution in [0.25, 0.3) is 11.3 Å². The van der Waals surface area contributed by atoms with Crippen LogP contribution < -0.4 is 5.32 Å². The van der Waals surface area contributed by atoms with Gasteiger partial charge in [0.25, 0.3) is 5.91 Å². The summed E-state index contributed by atoms with van der Waals surface area (Å²) in [7, 11) is 0. The number of carbonyl (C=O) groups is 1. The molecule has 118 valence electrons. The fourth-order valence-electron chi connectivity index (χ4n) is 2.35. The van der Waals surface area contributed by atoms with Crippen LogP contribution in [0.2, 0.25) is 0 Å². The summed E-state index contributed by atoms with van der Waals surface area (Å²) < 4.78 is 0.649. The van der Waals surface area contributed by atoms with E-state index in [1.807, 2.05) is 44.2 Å². The highest BCUT2D eigenvalue weighted by molar-refractivity contribution is 9.10. The first kappa shape index (κ1) is 15.5. The lowest BCUT2D eigenvalue weighted by molar-refractivity contribution is 0.0944. The molecule has 0 aliphatic carbocycles. The molecule has 0 atom stereocenters. The van der Waals surface area contributed by atoms with E-state index in [0.29, 0.717) is 22.4 Å². The zero-order valence-electron chi connectivity index (χ0n) is 12.8. The fourth-order valence-corrected chi connectivity index (χ4v) is 2.93. The van der Waals surface area contributed by atoms with E-state index in [1.165, 1.54) is 0 Å². The molecule has 3 aromatic rings. The minimum atomic E-state index is -0.230. The molecular weight excluding hydrogens is 358 g/mol. The standard InChI is InChI=1S/C16H16BrN5O/c1-9-12(20-10(2)19-9)8-18-16(23)15-13(17)14(21-22-15)11-6-4-3-5-7-11/h3-7H,8H2,1-2H3,(H,18,23)(H,19,20)(H,21,22). The summed E-state index contributed by atoms with van der Waals surface area (Å²) in [5.41, 5.74) is 3.83. The summed E-state index contributed by atoms with van der Waals surface area (Å²) in [4.78, 5) is 19.8. The van der Waals surface area contributed by atoms with E-state index in [1.54, 1.807) is 0 Å². The van der Waals surface area contributed by atoms with Gasteiger partial charge in [0.05, 0.1) is 16.7 Å². The van der Waals surface area contributed by atoms with Crippen LogP contribution in [0.15, 0.2) is 34.8 Å². The van der Waals surface area contributed by atoms with E-state index in [2.05, 4.69) is 41.4 Å². The summed E-state index contributed by atoms with van der Waals surface area (Å²) in [5, 5.41) is 9.87. The zero-order valence-corrected chi connectivity index (χ0v) is 14.4. The largest absolute Gasteiger partial charge is 0.346 e. The molecule has 0 fully saturated rings. The van der Waals surface area contributed by atoms with Crippen molar-refractivity contribution in [2.24, 2.45) is 0 Å². The van der Waals surface area contributed by atoms with Crippen molar-refractivity contribution in [2.45, 2.75) is 20.4 Å². The third-order valence-corrected chi connectivity index (χ3v) is 4.27. The second-order valence-electron chi connectivity index (χ2n) is 5.20. The van der Waals surface area contributed by atoms with Crippen molar-refractivity contribution >= 4 is 21.8 Å². The van der Waals surface area contributed by atoms with Gasteiger partial charge in [0.15, 0.2) is 0 Å². The summed E-state index contributed by atoms with van der Waals surface area (Å²) in [6.45, 7) is 4.18. The van der Waals surface area contributed by atoms with Crippen LogP contribution >= 0.6 is 15.9 Å². The lowest BCUT2D eigenvalue weighted by atomic mass is 10.1. The number of hydrogen-bond donors (Lipinski definition) is 3. The normalized spacial score (nSPS) is 10.7. The number of carbonyl (C=O) groups excluding carboxylic acids is 1. The number of halogens is 1. The number of aromatic nitrogens is 4. The van der Waals surface area contributed by atoms with Gasteiger partial charge in [-0.15, -0.1) is 0 Å². The Morgan fingerprint density at radius 1 is 1.26 bits per heavy atom. The number of aryl methyl sites for hydroxylation is 2. The third-order valence-electron chi connectivity index (χ3n) is 3.50. The summed E-state index contributed by atoms with van der Waals surface area (Å²) in [6, 6.07) is 9.68. The quantitative estimate of drug-likeness (QED) is 0.656. The lowest BCUT2D eigenvalue weighted by Gasteiger charge is -2.03. The maximum absolute atomic E-state index is 12.4. The summed E-state index contributed by atoms with van der Waals surface area (Å²) in [6.07, 6.45) is 0. The highest BCUT2D eigenvalue weighted by atomic mass is 79.9. The van der Waals surface area contributed by atoms with Crippen LogP contribution in [0.3, 0.4) is 0 Å². The SMILES string of the molecule is Cc1nc(CNC(=O)c2[nH]nc(-c3ccccc3)c2Br)c(C)[nH]1. The van der Waals surface area contributed by atoms with Gasteiger partial charge in [-0.05, 0) is 29.8 Å². The van der Waals surface area contributed by atoms with Gasteiger partial charge in [-0.2, -0.15) is 5.10 Å². The van der Waals surface area contributed by atoms with Gasteiger partial charge in [-0.25, -0.2) is 4.98 Å². The molecule has 6 nitrogen and oxygen atoms in total. The van der Waals surface area contributed by atoms with Crippen molar-refractivity contribution in [3.8, 4) is 11.3 Å². The molecule has 3 N–H and O–H groups in total. The summed E-state index contributed by atoms with van der Waals surface area (Å²) in [5.74, 6) is 0.604. The first-order valence-corrected chi connectivity index (χ1v) is 7.95. The van der Waals surface area contributed by atoms with E-state index in [0.717, 1.165) is 22.8 Å². The van der Waals surface area contributed by atoms with E-state index in [-0.39, 0.29) is 5.91 Å². The topological polar surface area (TPSA) is 86.5 Å². The lowest BCUT2D eigenvalue weighted by Crippen LogP contribution is -2.24. The summed E-state index contributed by atoms with van der Waals surface area (Å²) >= 11 is 3.46. The van der Waals surface area contributed by atoms with Crippen LogP contribution in [-0.2, 0) is 6.54 Å².